The molecule has 104 valence electrons. The molecular formula is C10H2ClF4IN4. The summed E-state index contributed by atoms with van der Waals surface area (Å²) >= 11 is 7.58. The summed E-state index contributed by atoms with van der Waals surface area (Å²) in [7, 11) is 0. The lowest BCUT2D eigenvalue weighted by molar-refractivity contribution is -0.145. The quantitative estimate of drug-likeness (QED) is 0.415. The lowest BCUT2D eigenvalue weighted by Gasteiger charge is -2.08. The van der Waals surface area contributed by atoms with Gasteiger partial charge in [-0.15, -0.1) is 10.2 Å². The number of aromatic nitrogens is 4. The fourth-order valence-electron chi connectivity index (χ4n) is 1.81. The van der Waals surface area contributed by atoms with Crippen LogP contribution in [-0.4, -0.2) is 19.6 Å². The predicted octanol–water partition coefficient (Wildman–Crippen LogP) is 3.69. The Balaban J connectivity index is 2.59. The minimum Gasteiger partial charge on any atom is -0.267 e. The van der Waals surface area contributed by atoms with E-state index < -0.39 is 17.8 Å². The van der Waals surface area contributed by atoms with Gasteiger partial charge in [-0.1, -0.05) is 11.6 Å². The van der Waals surface area contributed by atoms with E-state index in [4.69, 9.17) is 11.6 Å². The minimum atomic E-state index is -4.74. The van der Waals surface area contributed by atoms with E-state index >= 15 is 0 Å². The van der Waals surface area contributed by atoms with Gasteiger partial charge in [0.1, 0.15) is 11.3 Å². The lowest BCUT2D eigenvalue weighted by Crippen LogP contribution is -2.12. The summed E-state index contributed by atoms with van der Waals surface area (Å²) in [5.74, 6) is -1.96. The molecule has 0 saturated carbocycles. The fraction of sp³-hybridized carbons (Fsp3) is 0.100. The van der Waals surface area contributed by atoms with Crippen molar-refractivity contribution < 1.29 is 17.6 Å². The Morgan fingerprint density at radius 3 is 2.55 bits per heavy atom. The van der Waals surface area contributed by atoms with Crippen molar-refractivity contribution in [2.75, 3.05) is 0 Å². The first kappa shape index (κ1) is 13.7. The number of alkyl halides is 3. The van der Waals surface area contributed by atoms with Gasteiger partial charge in [0.05, 0.1) is 5.52 Å². The molecule has 0 fully saturated rings. The van der Waals surface area contributed by atoms with Crippen LogP contribution in [0.2, 0.25) is 5.15 Å². The normalized spacial score (nSPS) is 12.5. The second-order valence-corrected chi connectivity index (χ2v) is 5.36. The van der Waals surface area contributed by atoms with Crippen molar-refractivity contribution in [3.63, 3.8) is 0 Å². The SMILES string of the molecule is Fc1cc(I)c2nc(Cl)c3nnc(C(F)(F)F)n3c2c1. The third-order valence-corrected chi connectivity index (χ3v) is 3.64. The third kappa shape index (κ3) is 1.99. The van der Waals surface area contributed by atoms with Crippen LogP contribution in [0, 0.1) is 9.39 Å². The van der Waals surface area contributed by atoms with Gasteiger partial charge < -0.3 is 0 Å². The zero-order valence-corrected chi connectivity index (χ0v) is 12.1. The van der Waals surface area contributed by atoms with E-state index in [2.05, 4.69) is 15.2 Å². The molecule has 4 nitrogen and oxygen atoms in total. The molecule has 0 atom stereocenters. The van der Waals surface area contributed by atoms with E-state index in [0.717, 1.165) is 12.1 Å². The van der Waals surface area contributed by atoms with Crippen LogP contribution in [0.5, 0.6) is 0 Å². The van der Waals surface area contributed by atoms with Crippen LogP contribution in [0.15, 0.2) is 12.1 Å². The Labute approximate surface area is 126 Å². The average molecular weight is 417 g/mol. The first-order chi connectivity index (χ1) is 9.29. The second kappa shape index (κ2) is 4.38. The predicted molar refractivity (Wildman–Crippen MR) is 71.0 cm³/mol. The Bertz CT molecular complexity index is 845. The molecular weight excluding hydrogens is 414 g/mol. The highest BCUT2D eigenvalue weighted by molar-refractivity contribution is 14.1. The standard InChI is InChI=1S/C10H2ClF4IN4/c11-7-8-18-19-9(10(13,14)15)20(8)5-2-3(12)1-4(16)6(5)17-7/h1-2H. The molecule has 0 radical (unpaired) electrons. The number of halogens is 6. The summed E-state index contributed by atoms with van der Waals surface area (Å²) in [5, 5.41) is 6.21. The molecule has 0 amide bonds. The summed E-state index contributed by atoms with van der Waals surface area (Å²) < 4.78 is 53.2. The van der Waals surface area contributed by atoms with Crippen molar-refractivity contribution in [2.45, 2.75) is 6.18 Å². The average Bonchev–Trinajstić information content (AvgIpc) is 2.76. The number of hydrogen-bond acceptors (Lipinski definition) is 3. The molecule has 0 aliphatic heterocycles. The maximum atomic E-state index is 13.5. The second-order valence-electron chi connectivity index (χ2n) is 3.84. The van der Waals surface area contributed by atoms with Gasteiger partial charge in [-0.05, 0) is 28.7 Å². The summed E-state index contributed by atoms with van der Waals surface area (Å²) in [6.07, 6.45) is -4.74. The Hall–Kier alpha value is -1.23. The number of fused-ring (bicyclic) bond motifs is 3. The molecule has 20 heavy (non-hydrogen) atoms. The molecule has 3 rings (SSSR count). The van der Waals surface area contributed by atoms with Gasteiger partial charge >= 0.3 is 6.18 Å². The molecule has 0 N–H and O–H groups in total. The van der Waals surface area contributed by atoms with E-state index in [1.165, 1.54) is 0 Å². The number of hydrogen-bond donors (Lipinski definition) is 0. The van der Waals surface area contributed by atoms with E-state index in [9.17, 15) is 17.6 Å². The van der Waals surface area contributed by atoms with Crippen LogP contribution < -0.4 is 0 Å². The molecule has 0 bridgehead atoms. The van der Waals surface area contributed by atoms with Gasteiger partial charge in [-0.25, -0.2) is 9.37 Å². The van der Waals surface area contributed by atoms with Crippen molar-refractivity contribution in [3.8, 4) is 0 Å². The van der Waals surface area contributed by atoms with Crippen LogP contribution >= 0.6 is 34.2 Å². The molecule has 0 saturated heterocycles. The van der Waals surface area contributed by atoms with Crippen molar-refractivity contribution >= 4 is 50.9 Å². The van der Waals surface area contributed by atoms with Crippen LogP contribution in [0.25, 0.3) is 16.7 Å². The molecule has 2 heterocycles. The Morgan fingerprint density at radius 2 is 1.90 bits per heavy atom. The van der Waals surface area contributed by atoms with Crippen molar-refractivity contribution in [1.29, 1.82) is 0 Å². The Morgan fingerprint density at radius 1 is 1.20 bits per heavy atom. The molecule has 3 aromatic rings. The van der Waals surface area contributed by atoms with Gasteiger partial charge in [-0.3, -0.25) is 4.40 Å². The van der Waals surface area contributed by atoms with Crippen molar-refractivity contribution in [3.05, 3.63) is 32.5 Å². The zero-order chi connectivity index (χ0) is 14.7. The first-order valence-corrected chi connectivity index (χ1v) is 6.51. The van der Waals surface area contributed by atoms with E-state index in [0.29, 0.717) is 7.97 Å². The summed E-state index contributed by atoms with van der Waals surface area (Å²) in [4.78, 5) is 3.94. The molecule has 0 aliphatic rings. The van der Waals surface area contributed by atoms with Crippen molar-refractivity contribution in [2.24, 2.45) is 0 Å². The van der Waals surface area contributed by atoms with Crippen LogP contribution in [0.1, 0.15) is 5.82 Å². The third-order valence-electron chi connectivity index (χ3n) is 2.56. The number of rotatable bonds is 0. The van der Waals surface area contributed by atoms with Crippen LogP contribution in [0.3, 0.4) is 0 Å². The molecule has 0 unspecified atom stereocenters. The van der Waals surface area contributed by atoms with Crippen molar-refractivity contribution in [1.82, 2.24) is 19.6 Å². The molecule has 0 aliphatic carbocycles. The van der Waals surface area contributed by atoms with E-state index in [-0.39, 0.29) is 21.8 Å². The van der Waals surface area contributed by atoms with Crippen LogP contribution in [0.4, 0.5) is 17.6 Å². The number of benzene rings is 1. The van der Waals surface area contributed by atoms with Crippen LogP contribution in [-0.2, 0) is 6.18 Å². The summed E-state index contributed by atoms with van der Waals surface area (Å²) in [5.41, 5.74) is -0.214. The van der Waals surface area contributed by atoms with Gasteiger partial charge in [0.25, 0.3) is 0 Å². The Kier molecular flexibility index (Phi) is 3.01. The van der Waals surface area contributed by atoms with E-state index in [1.54, 1.807) is 22.6 Å². The van der Waals surface area contributed by atoms with Gasteiger partial charge in [0.2, 0.25) is 5.82 Å². The largest absolute Gasteiger partial charge is 0.452 e. The highest BCUT2D eigenvalue weighted by atomic mass is 127. The maximum Gasteiger partial charge on any atom is 0.452 e. The highest BCUT2D eigenvalue weighted by Gasteiger charge is 2.38. The monoisotopic (exact) mass is 416 g/mol. The smallest absolute Gasteiger partial charge is 0.267 e. The topological polar surface area (TPSA) is 43.1 Å². The minimum absolute atomic E-state index is 0.0916. The highest BCUT2D eigenvalue weighted by Crippen LogP contribution is 2.32. The molecule has 2 aromatic heterocycles. The summed E-state index contributed by atoms with van der Waals surface area (Å²) in [6, 6.07) is 2.09. The fourth-order valence-corrected chi connectivity index (χ4v) is 2.71. The molecule has 10 heteroatoms. The molecule has 1 aromatic carbocycles. The number of nitrogens with zero attached hydrogens (tertiary/aromatic N) is 4. The van der Waals surface area contributed by atoms with Gasteiger partial charge in [-0.2, -0.15) is 13.2 Å². The summed E-state index contributed by atoms with van der Waals surface area (Å²) in [6.45, 7) is 0. The van der Waals surface area contributed by atoms with Gasteiger partial charge in [0.15, 0.2) is 10.8 Å². The maximum absolute atomic E-state index is 13.5. The molecule has 0 spiro atoms. The first-order valence-electron chi connectivity index (χ1n) is 5.05. The van der Waals surface area contributed by atoms with Gasteiger partial charge in [0, 0.05) is 9.64 Å². The zero-order valence-electron chi connectivity index (χ0n) is 9.21. The van der Waals surface area contributed by atoms with E-state index in [1.807, 2.05) is 0 Å². The lowest BCUT2D eigenvalue weighted by atomic mass is 10.3.